The van der Waals surface area contributed by atoms with E-state index in [1.807, 2.05) is 58.0 Å². The summed E-state index contributed by atoms with van der Waals surface area (Å²) in [5, 5.41) is 10.5. The Balaban J connectivity index is 2.63. The molecule has 1 N–H and O–H groups in total. The number of carbonyl (C=O) groups excluding carboxylic acids is 2. The zero-order valence-corrected chi connectivity index (χ0v) is 17.7. The predicted molar refractivity (Wildman–Crippen MR) is 115 cm³/mol. The van der Waals surface area contributed by atoms with Gasteiger partial charge in [-0.15, -0.1) is 0 Å². The second-order valence-corrected chi connectivity index (χ2v) is 7.31. The highest BCUT2D eigenvalue weighted by Crippen LogP contribution is 2.32. The van der Waals surface area contributed by atoms with Gasteiger partial charge in [-0.05, 0) is 64.0 Å². The summed E-state index contributed by atoms with van der Waals surface area (Å²) in [5.74, 6) is -0.644. The van der Waals surface area contributed by atoms with Crippen molar-refractivity contribution in [1.82, 2.24) is 4.90 Å². The molecule has 0 bridgehead atoms. The van der Waals surface area contributed by atoms with Crippen LogP contribution in [-0.4, -0.2) is 40.6 Å². The molecule has 0 spiro atoms. The molecule has 5 nitrogen and oxygen atoms in total. The average Bonchev–Trinajstić information content (AvgIpc) is 2.67. The maximum Gasteiger partial charge on any atom is 0.338 e. The van der Waals surface area contributed by atoms with E-state index in [-0.39, 0.29) is 30.3 Å². The van der Waals surface area contributed by atoms with E-state index in [0.717, 1.165) is 5.56 Å². The summed E-state index contributed by atoms with van der Waals surface area (Å²) < 4.78 is 5.08. The van der Waals surface area contributed by atoms with E-state index in [1.54, 1.807) is 17.9 Å². The molecule has 5 heteroatoms. The molecule has 0 aliphatic heterocycles. The number of aromatic hydroxyl groups is 1. The first-order valence-corrected chi connectivity index (χ1v) is 9.86. The molecule has 0 saturated heterocycles. The molecule has 1 amide bonds. The zero-order chi connectivity index (χ0) is 21.6. The van der Waals surface area contributed by atoms with Gasteiger partial charge in [0, 0.05) is 23.7 Å². The highest BCUT2D eigenvalue weighted by Gasteiger charge is 2.21. The number of ether oxygens (including phenoxy) is 1. The Bertz CT molecular complexity index is 877. The number of hydrogen-bond donors (Lipinski definition) is 1. The number of amides is 1. The van der Waals surface area contributed by atoms with E-state index in [1.165, 1.54) is 18.2 Å². The average molecular weight is 395 g/mol. The molecule has 154 valence electrons. The molecule has 29 heavy (non-hydrogen) atoms. The van der Waals surface area contributed by atoms with Crippen LogP contribution in [0.5, 0.6) is 5.75 Å². The fraction of sp³-hybridized carbons (Fsp3) is 0.333. The summed E-state index contributed by atoms with van der Waals surface area (Å²) in [4.78, 5) is 27.0. The summed E-state index contributed by atoms with van der Waals surface area (Å²) in [6, 6.07) is 13.9. The number of phenolic OH excluding ortho intramolecular Hbond substituents is 1. The van der Waals surface area contributed by atoms with Gasteiger partial charge in [-0.2, -0.15) is 0 Å². The highest BCUT2D eigenvalue weighted by atomic mass is 16.5. The SMILES string of the molecule is CCOC(=O)c1ccc(O)c(/C(=C\C(=O)N(C(C)C)C(C)C)c2ccccc2)c1. The molecule has 2 rings (SSSR count). The lowest BCUT2D eigenvalue weighted by molar-refractivity contribution is -0.129. The van der Waals surface area contributed by atoms with Gasteiger partial charge < -0.3 is 14.7 Å². The first-order valence-electron chi connectivity index (χ1n) is 9.86. The van der Waals surface area contributed by atoms with Crippen LogP contribution in [-0.2, 0) is 9.53 Å². The summed E-state index contributed by atoms with van der Waals surface area (Å²) in [5.41, 5.74) is 2.04. The summed E-state index contributed by atoms with van der Waals surface area (Å²) in [6.07, 6.45) is 1.53. The largest absolute Gasteiger partial charge is 0.507 e. The highest BCUT2D eigenvalue weighted by molar-refractivity contribution is 6.01. The van der Waals surface area contributed by atoms with Gasteiger partial charge in [0.25, 0.3) is 0 Å². The maximum absolute atomic E-state index is 13.1. The second kappa shape index (κ2) is 9.92. The molecule has 0 radical (unpaired) electrons. The molecule has 2 aromatic carbocycles. The van der Waals surface area contributed by atoms with Crippen LogP contribution in [0, 0.1) is 0 Å². The minimum Gasteiger partial charge on any atom is -0.507 e. The van der Waals surface area contributed by atoms with Gasteiger partial charge in [-0.3, -0.25) is 4.79 Å². The van der Waals surface area contributed by atoms with Crippen molar-refractivity contribution < 1.29 is 19.4 Å². The van der Waals surface area contributed by atoms with Crippen LogP contribution in [0.4, 0.5) is 0 Å². The normalized spacial score (nSPS) is 11.6. The van der Waals surface area contributed by atoms with Crippen LogP contribution in [0.15, 0.2) is 54.6 Å². The monoisotopic (exact) mass is 395 g/mol. The lowest BCUT2D eigenvalue weighted by atomic mass is 9.94. The molecule has 0 aliphatic carbocycles. The Morgan fingerprint density at radius 2 is 1.62 bits per heavy atom. The Morgan fingerprint density at radius 1 is 1.00 bits per heavy atom. The van der Waals surface area contributed by atoms with E-state index in [4.69, 9.17) is 4.74 Å². The first kappa shape index (κ1) is 22.2. The van der Waals surface area contributed by atoms with Crippen LogP contribution in [0.3, 0.4) is 0 Å². The number of carbonyl (C=O) groups is 2. The van der Waals surface area contributed by atoms with E-state index in [9.17, 15) is 14.7 Å². The number of nitrogens with zero attached hydrogens (tertiary/aromatic N) is 1. The van der Waals surface area contributed by atoms with Gasteiger partial charge in [0.1, 0.15) is 5.75 Å². The Hall–Kier alpha value is -3.08. The standard InChI is InChI=1S/C24H29NO4/c1-6-29-24(28)19-12-13-22(26)21(14-19)20(18-10-8-7-9-11-18)15-23(27)25(16(2)3)17(4)5/h7-17,26H,6H2,1-5H3/b20-15-. The van der Waals surface area contributed by atoms with Gasteiger partial charge in [-0.25, -0.2) is 4.79 Å². The van der Waals surface area contributed by atoms with Gasteiger partial charge in [-0.1, -0.05) is 30.3 Å². The second-order valence-electron chi connectivity index (χ2n) is 7.31. The molecule has 0 aromatic heterocycles. The maximum atomic E-state index is 13.1. The minimum absolute atomic E-state index is 0.0124. The van der Waals surface area contributed by atoms with Gasteiger partial charge in [0.05, 0.1) is 12.2 Å². The number of benzene rings is 2. The molecular weight excluding hydrogens is 366 g/mol. The third-order valence-corrected chi connectivity index (χ3v) is 4.52. The van der Waals surface area contributed by atoms with E-state index in [0.29, 0.717) is 16.7 Å². The topological polar surface area (TPSA) is 66.8 Å². The molecule has 0 unspecified atom stereocenters. The molecule has 0 aliphatic rings. The predicted octanol–water partition coefficient (Wildman–Crippen LogP) is 4.65. The van der Waals surface area contributed by atoms with Crippen LogP contribution in [0.2, 0.25) is 0 Å². The molecule has 0 atom stereocenters. The fourth-order valence-corrected chi connectivity index (χ4v) is 3.33. The van der Waals surface area contributed by atoms with Gasteiger partial charge >= 0.3 is 5.97 Å². The third-order valence-electron chi connectivity index (χ3n) is 4.52. The van der Waals surface area contributed by atoms with Crippen molar-refractivity contribution in [1.29, 1.82) is 0 Å². The smallest absolute Gasteiger partial charge is 0.338 e. The van der Waals surface area contributed by atoms with Crippen LogP contribution >= 0.6 is 0 Å². The summed E-state index contributed by atoms with van der Waals surface area (Å²) in [6.45, 7) is 9.85. The fourth-order valence-electron chi connectivity index (χ4n) is 3.33. The van der Waals surface area contributed by atoms with Crippen molar-refractivity contribution in [3.8, 4) is 5.75 Å². The van der Waals surface area contributed by atoms with E-state index < -0.39 is 5.97 Å². The zero-order valence-electron chi connectivity index (χ0n) is 17.7. The first-order chi connectivity index (χ1) is 13.8. The lowest BCUT2D eigenvalue weighted by Crippen LogP contribution is -2.41. The quantitative estimate of drug-likeness (QED) is 0.548. The van der Waals surface area contributed by atoms with Crippen molar-refractivity contribution >= 4 is 17.4 Å². The number of phenols is 1. The Kier molecular flexibility index (Phi) is 7.59. The van der Waals surface area contributed by atoms with Crippen LogP contribution < -0.4 is 0 Å². The lowest BCUT2D eigenvalue weighted by Gasteiger charge is -2.30. The summed E-state index contributed by atoms with van der Waals surface area (Å²) >= 11 is 0. The van der Waals surface area contributed by atoms with Crippen molar-refractivity contribution in [2.75, 3.05) is 6.61 Å². The van der Waals surface area contributed by atoms with Gasteiger partial charge in [0.15, 0.2) is 0 Å². The molecule has 2 aromatic rings. The van der Waals surface area contributed by atoms with Crippen molar-refractivity contribution in [2.24, 2.45) is 0 Å². The summed E-state index contributed by atoms with van der Waals surface area (Å²) in [7, 11) is 0. The molecular formula is C24H29NO4. The molecule has 0 saturated carbocycles. The third kappa shape index (κ3) is 5.47. The van der Waals surface area contributed by atoms with Crippen LogP contribution in [0.25, 0.3) is 5.57 Å². The molecule has 0 fully saturated rings. The van der Waals surface area contributed by atoms with Crippen molar-refractivity contribution in [3.63, 3.8) is 0 Å². The Labute approximate surface area is 172 Å². The van der Waals surface area contributed by atoms with Crippen molar-refractivity contribution in [2.45, 2.75) is 46.7 Å². The van der Waals surface area contributed by atoms with Gasteiger partial charge in [0.2, 0.25) is 5.91 Å². The van der Waals surface area contributed by atoms with E-state index >= 15 is 0 Å². The minimum atomic E-state index is -0.474. The number of esters is 1. The van der Waals surface area contributed by atoms with Crippen molar-refractivity contribution in [3.05, 3.63) is 71.3 Å². The number of rotatable bonds is 7. The van der Waals surface area contributed by atoms with E-state index in [2.05, 4.69) is 0 Å². The Morgan fingerprint density at radius 3 is 2.17 bits per heavy atom. The van der Waals surface area contributed by atoms with Crippen LogP contribution in [0.1, 0.15) is 56.1 Å². The molecule has 0 heterocycles. The number of hydrogen-bond acceptors (Lipinski definition) is 4.